The Morgan fingerprint density at radius 3 is 1.81 bits per heavy atom. The van der Waals surface area contributed by atoms with Gasteiger partial charge in [-0.15, -0.1) is 0 Å². The summed E-state index contributed by atoms with van der Waals surface area (Å²) in [6.45, 7) is -0.632. The van der Waals surface area contributed by atoms with E-state index in [0.717, 1.165) is 0 Å². The van der Waals surface area contributed by atoms with Crippen molar-refractivity contribution < 1.29 is 19.7 Å². The van der Waals surface area contributed by atoms with Crippen LogP contribution in [0.15, 0.2) is 60.7 Å². The van der Waals surface area contributed by atoms with Crippen molar-refractivity contribution in [1.82, 2.24) is 4.98 Å². The summed E-state index contributed by atoms with van der Waals surface area (Å²) in [4.78, 5) is 37.0. The van der Waals surface area contributed by atoms with Crippen LogP contribution in [0.1, 0.15) is 0 Å². The van der Waals surface area contributed by atoms with Gasteiger partial charge in [0.05, 0.1) is 26.6 Å². The number of hydrogen-bond donors (Lipinski definition) is 3. The minimum Gasteiger partial charge on any atom is -0.387 e. The van der Waals surface area contributed by atoms with E-state index in [1.165, 1.54) is 24.3 Å². The number of nitro benzene ring substituents is 2. The van der Waals surface area contributed by atoms with Gasteiger partial charge in [0.2, 0.25) is 5.91 Å². The zero-order valence-corrected chi connectivity index (χ0v) is 16.3. The van der Waals surface area contributed by atoms with E-state index in [2.05, 4.69) is 15.6 Å². The Hall–Kier alpha value is -4.64. The van der Waals surface area contributed by atoms with Crippen molar-refractivity contribution in [2.24, 2.45) is 0 Å². The molecule has 1 heterocycles. The fraction of sp³-hybridized carbons (Fsp3) is 0.0476. The molecule has 32 heavy (non-hydrogen) atoms. The second-order valence-corrected chi connectivity index (χ2v) is 6.81. The maximum absolute atomic E-state index is 11.3. The number of aliphatic hydroxyl groups is 1. The Bertz CT molecular complexity index is 1320. The summed E-state index contributed by atoms with van der Waals surface area (Å²) in [6.07, 6.45) is 0. The number of nitrogens with one attached hydrogen (secondary N) is 2. The molecule has 0 aliphatic rings. The summed E-state index contributed by atoms with van der Waals surface area (Å²) >= 11 is 0. The fourth-order valence-corrected chi connectivity index (χ4v) is 3.27. The van der Waals surface area contributed by atoms with Gasteiger partial charge in [-0.05, 0) is 36.4 Å². The highest BCUT2D eigenvalue weighted by molar-refractivity contribution is 6.09. The van der Waals surface area contributed by atoms with Gasteiger partial charge in [-0.25, -0.2) is 4.98 Å². The molecule has 1 aromatic heterocycles. The molecule has 3 N–H and O–H groups in total. The second kappa shape index (κ2) is 8.24. The van der Waals surface area contributed by atoms with E-state index in [-0.39, 0.29) is 11.4 Å². The van der Waals surface area contributed by atoms with Crippen molar-refractivity contribution in [3.05, 3.63) is 80.9 Å². The highest BCUT2D eigenvalue weighted by Crippen LogP contribution is 2.36. The van der Waals surface area contributed by atoms with E-state index in [4.69, 9.17) is 5.11 Å². The first-order valence-corrected chi connectivity index (χ1v) is 9.30. The lowest BCUT2D eigenvalue weighted by atomic mass is 10.1. The summed E-state index contributed by atoms with van der Waals surface area (Å²) in [7, 11) is 0. The van der Waals surface area contributed by atoms with Gasteiger partial charge in [0.15, 0.2) is 0 Å². The molecule has 0 spiro atoms. The summed E-state index contributed by atoms with van der Waals surface area (Å²) in [6, 6.07) is 15.1. The molecule has 0 radical (unpaired) electrons. The lowest BCUT2D eigenvalue weighted by molar-refractivity contribution is -0.384. The third-order valence-electron chi connectivity index (χ3n) is 4.75. The maximum atomic E-state index is 11.3. The number of rotatable bonds is 6. The summed E-state index contributed by atoms with van der Waals surface area (Å²) in [5, 5.41) is 38.2. The van der Waals surface area contributed by atoms with Crippen LogP contribution in [-0.2, 0) is 4.79 Å². The number of anilines is 3. The molecule has 11 nitrogen and oxygen atoms in total. The molecule has 0 saturated heterocycles. The number of benzene rings is 3. The van der Waals surface area contributed by atoms with Crippen LogP contribution in [-0.4, -0.2) is 32.5 Å². The number of carbonyl (C=O) groups is 1. The van der Waals surface area contributed by atoms with Crippen molar-refractivity contribution in [2.75, 3.05) is 17.2 Å². The number of amides is 1. The van der Waals surface area contributed by atoms with Crippen molar-refractivity contribution in [1.29, 1.82) is 0 Å². The lowest BCUT2D eigenvalue weighted by Gasteiger charge is -2.14. The average molecular weight is 433 g/mol. The summed E-state index contributed by atoms with van der Waals surface area (Å²) in [5.41, 5.74) is 2.02. The third-order valence-corrected chi connectivity index (χ3v) is 4.75. The van der Waals surface area contributed by atoms with E-state index < -0.39 is 22.4 Å². The van der Waals surface area contributed by atoms with Crippen LogP contribution in [0.3, 0.4) is 0 Å². The van der Waals surface area contributed by atoms with Crippen LogP contribution in [0.2, 0.25) is 0 Å². The first-order valence-electron chi connectivity index (χ1n) is 9.30. The van der Waals surface area contributed by atoms with Crippen LogP contribution in [0.5, 0.6) is 0 Å². The smallest absolute Gasteiger partial charge is 0.271 e. The summed E-state index contributed by atoms with van der Waals surface area (Å²) < 4.78 is 0. The number of non-ortho nitro benzene ring substituents is 2. The fourth-order valence-electron chi connectivity index (χ4n) is 3.27. The molecular weight excluding hydrogens is 418 g/mol. The third kappa shape index (κ3) is 4.00. The summed E-state index contributed by atoms with van der Waals surface area (Å²) in [5.74, 6) is -0.542. The van der Waals surface area contributed by atoms with Crippen molar-refractivity contribution in [2.45, 2.75) is 0 Å². The lowest BCUT2D eigenvalue weighted by Crippen LogP contribution is -2.15. The Labute approximate surface area is 179 Å². The normalized spacial score (nSPS) is 10.8. The van der Waals surface area contributed by atoms with Gasteiger partial charge in [0.1, 0.15) is 6.61 Å². The molecule has 0 unspecified atom stereocenters. The Balaban J connectivity index is 1.84. The van der Waals surface area contributed by atoms with E-state index in [1.807, 2.05) is 0 Å². The number of carbonyl (C=O) groups excluding carboxylic acids is 1. The topological polar surface area (TPSA) is 161 Å². The minimum atomic E-state index is -0.632. The highest BCUT2D eigenvalue weighted by atomic mass is 16.6. The van der Waals surface area contributed by atoms with E-state index in [0.29, 0.717) is 38.9 Å². The van der Waals surface area contributed by atoms with Gasteiger partial charge in [-0.1, -0.05) is 0 Å². The van der Waals surface area contributed by atoms with E-state index in [1.54, 1.807) is 36.4 Å². The Morgan fingerprint density at radius 2 is 1.34 bits per heavy atom. The van der Waals surface area contributed by atoms with Crippen LogP contribution in [0, 0.1) is 20.2 Å². The molecule has 1 amide bonds. The Kier molecular flexibility index (Phi) is 5.31. The standard InChI is InChI=1S/C21H15N5O6/c27-11-20(28)22-12-1-3-13(4-2-12)23-21-16-7-5-14(25(29)30)9-18(16)24-19-10-15(26(31)32)6-8-17(19)21/h1-10,27H,11H2,(H,22,28)(H,23,24). The first-order chi connectivity index (χ1) is 15.4. The molecule has 3 aromatic carbocycles. The van der Waals surface area contributed by atoms with Crippen LogP contribution >= 0.6 is 0 Å². The number of nitro groups is 2. The van der Waals surface area contributed by atoms with Gasteiger partial charge < -0.3 is 15.7 Å². The molecule has 4 rings (SSSR count). The number of aromatic nitrogens is 1. The quantitative estimate of drug-likeness (QED) is 0.234. The molecule has 0 aliphatic carbocycles. The van der Waals surface area contributed by atoms with Crippen molar-refractivity contribution in [3.8, 4) is 0 Å². The number of fused-ring (bicyclic) bond motifs is 2. The molecule has 0 fully saturated rings. The van der Waals surface area contributed by atoms with Crippen molar-refractivity contribution in [3.63, 3.8) is 0 Å². The minimum absolute atomic E-state index is 0.148. The van der Waals surface area contributed by atoms with Gasteiger partial charge >= 0.3 is 0 Å². The van der Waals surface area contributed by atoms with Gasteiger partial charge in [-0.3, -0.25) is 25.0 Å². The van der Waals surface area contributed by atoms with Crippen molar-refractivity contribution >= 4 is 56.1 Å². The van der Waals surface area contributed by atoms with Gasteiger partial charge in [-0.2, -0.15) is 0 Å². The highest BCUT2D eigenvalue weighted by Gasteiger charge is 2.16. The number of hydrogen-bond acceptors (Lipinski definition) is 8. The molecule has 0 bridgehead atoms. The molecule has 160 valence electrons. The van der Waals surface area contributed by atoms with Gasteiger partial charge in [0, 0.05) is 46.4 Å². The van der Waals surface area contributed by atoms with Crippen LogP contribution in [0.25, 0.3) is 21.8 Å². The SMILES string of the molecule is O=C(CO)Nc1ccc(Nc2c3ccc([N+](=O)[O-])cc3nc3cc([N+](=O)[O-])ccc23)cc1. The monoisotopic (exact) mass is 433 g/mol. The first kappa shape index (κ1) is 20.6. The predicted molar refractivity (Wildman–Crippen MR) is 118 cm³/mol. The van der Waals surface area contributed by atoms with Gasteiger partial charge in [0.25, 0.3) is 11.4 Å². The Morgan fingerprint density at radius 1 is 0.844 bits per heavy atom. The van der Waals surface area contributed by atoms with Crippen LogP contribution in [0.4, 0.5) is 28.4 Å². The molecular formula is C21H15N5O6. The van der Waals surface area contributed by atoms with E-state index >= 15 is 0 Å². The largest absolute Gasteiger partial charge is 0.387 e. The number of aliphatic hydroxyl groups excluding tert-OH is 1. The zero-order valence-electron chi connectivity index (χ0n) is 16.3. The molecule has 0 atom stereocenters. The maximum Gasteiger partial charge on any atom is 0.271 e. The zero-order chi connectivity index (χ0) is 22.8. The number of nitrogens with zero attached hydrogens (tertiary/aromatic N) is 3. The predicted octanol–water partition coefficient (Wildman–Crippen LogP) is 3.88. The van der Waals surface area contributed by atoms with E-state index in [9.17, 15) is 25.0 Å². The van der Waals surface area contributed by atoms with Crippen LogP contribution < -0.4 is 10.6 Å². The molecule has 0 aliphatic heterocycles. The number of pyridine rings is 1. The second-order valence-electron chi connectivity index (χ2n) is 6.81. The molecule has 11 heteroatoms. The molecule has 4 aromatic rings. The molecule has 0 saturated carbocycles. The average Bonchev–Trinajstić information content (AvgIpc) is 2.79.